The van der Waals surface area contributed by atoms with E-state index in [0.717, 1.165) is 5.54 Å². The zero-order valence-corrected chi connectivity index (χ0v) is 6.58. The summed E-state index contributed by atoms with van der Waals surface area (Å²) in [4.78, 5) is 21.6. The molecule has 0 saturated carbocycles. The highest BCUT2D eigenvalue weighted by molar-refractivity contribution is 6.06. The maximum atomic E-state index is 11.8. The van der Waals surface area contributed by atoms with Gasteiger partial charge in [0.05, 0.1) is 11.1 Å². The number of primary amides is 1. The molecule has 13 heavy (non-hydrogen) atoms. The van der Waals surface area contributed by atoms with Gasteiger partial charge in [-0.15, -0.1) is 0 Å². The Morgan fingerprint density at radius 3 is 2.23 bits per heavy atom. The van der Waals surface area contributed by atoms with Gasteiger partial charge in [-0.1, -0.05) is 16.6 Å². The summed E-state index contributed by atoms with van der Waals surface area (Å²) in [6.07, 6.45) is 0. The lowest BCUT2D eigenvalue weighted by atomic mass is 10.1. The van der Waals surface area contributed by atoms with Gasteiger partial charge in [0.25, 0.3) is 5.91 Å². The molecule has 3 N–H and O–H groups in total. The third-order valence-corrected chi connectivity index (χ3v) is 1.52. The molecule has 68 valence electrons. The first-order valence-electron chi connectivity index (χ1n) is 3.46. The lowest BCUT2D eigenvalue weighted by Gasteiger charge is -2.01. The second-order valence-electron chi connectivity index (χ2n) is 2.33. The normalized spacial score (nSPS) is 9.31. The standard InChI is InChI=1S/C8H7FN2O2/c9-11-8(13)6-4-2-1-3-5(6)7(10)12/h1-4H,(H2,10,12)(H,11,13). The molecular weight excluding hydrogens is 175 g/mol. The summed E-state index contributed by atoms with van der Waals surface area (Å²) in [6, 6.07) is 5.72. The van der Waals surface area contributed by atoms with E-state index in [1.807, 2.05) is 0 Å². The van der Waals surface area contributed by atoms with E-state index in [4.69, 9.17) is 5.73 Å². The number of nitrogens with one attached hydrogen (secondary N) is 1. The topological polar surface area (TPSA) is 72.2 Å². The number of hydrogen-bond donors (Lipinski definition) is 2. The van der Waals surface area contributed by atoms with Crippen molar-refractivity contribution in [2.75, 3.05) is 0 Å². The third kappa shape index (κ3) is 1.81. The minimum absolute atomic E-state index is 0.00218. The van der Waals surface area contributed by atoms with Gasteiger partial charge in [-0.25, -0.2) is 0 Å². The van der Waals surface area contributed by atoms with Crippen LogP contribution in [0.1, 0.15) is 20.7 Å². The van der Waals surface area contributed by atoms with E-state index in [9.17, 15) is 14.1 Å². The van der Waals surface area contributed by atoms with E-state index in [1.54, 1.807) is 0 Å². The van der Waals surface area contributed by atoms with Crippen molar-refractivity contribution in [2.45, 2.75) is 0 Å². The van der Waals surface area contributed by atoms with E-state index in [0.29, 0.717) is 0 Å². The van der Waals surface area contributed by atoms with Gasteiger partial charge in [0.15, 0.2) is 0 Å². The number of rotatable bonds is 2. The van der Waals surface area contributed by atoms with Crippen LogP contribution in [0, 0.1) is 0 Å². The average molecular weight is 182 g/mol. The molecule has 0 radical (unpaired) electrons. The quantitative estimate of drug-likeness (QED) is 0.650. The minimum atomic E-state index is -0.977. The summed E-state index contributed by atoms with van der Waals surface area (Å²) < 4.78 is 11.8. The van der Waals surface area contributed by atoms with Crippen molar-refractivity contribution in [1.29, 1.82) is 0 Å². The maximum Gasteiger partial charge on any atom is 0.279 e. The van der Waals surface area contributed by atoms with Crippen molar-refractivity contribution in [3.05, 3.63) is 35.4 Å². The lowest BCUT2D eigenvalue weighted by Crippen LogP contribution is -2.21. The van der Waals surface area contributed by atoms with Crippen molar-refractivity contribution in [3.63, 3.8) is 0 Å². The van der Waals surface area contributed by atoms with Crippen LogP contribution in [0.25, 0.3) is 0 Å². The van der Waals surface area contributed by atoms with Crippen LogP contribution < -0.4 is 11.3 Å². The van der Waals surface area contributed by atoms with Gasteiger partial charge in [0.1, 0.15) is 0 Å². The van der Waals surface area contributed by atoms with Gasteiger partial charge in [-0.05, 0) is 12.1 Å². The van der Waals surface area contributed by atoms with Gasteiger partial charge in [-0.2, -0.15) is 5.54 Å². The summed E-state index contributed by atoms with van der Waals surface area (Å²) >= 11 is 0. The fourth-order valence-electron chi connectivity index (χ4n) is 0.947. The first-order chi connectivity index (χ1) is 6.16. The Bertz CT molecular complexity index is 352. The molecule has 0 aromatic heterocycles. The zero-order valence-electron chi connectivity index (χ0n) is 6.58. The Morgan fingerprint density at radius 1 is 1.23 bits per heavy atom. The lowest BCUT2D eigenvalue weighted by molar-refractivity contribution is 0.0852. The largest absolute Gasteiger partial charge is 0.366 e. The highest BCUT2D eigenvalue weighted by atomic mass is 19.2. The molecule has 0 atom stereocenters. The molecule has 0 bridgehead atoms. The fraction of sp³-hybridized carbons (Fsp3) is 0. The smallest absolute Gasteiger partial charge is 0.279 e. The number of amides is 2. The molecule has 2 amide bonds. The summed E-state index contributed by atoms with van der Waals surface area (Å²) in [5.41, 5.74) is 5.82. The number of nitrogens with two attached hydrogens (primary N) is 1. The fourth-order valence-corrected chi connectivity index (χ4v) is 0.947. The summed E-state index contributed by atoms with van der Waals surface area (Å²) in [6.45, 7) is 0. The zero-order chi connectivity index (χ0) is 9.84. The van der Waals surface area contributed by atoms with Crippen LogP contribution in [-0.4, -0.2) is 11.8 Å². The molecule has 1 aromatic carbocycles. The number of carbonyl (C=O) groups excluding carboxylic acids is 2. The third-order valence-electron chi connectivity index (χ3n) is 1.52. The Hall–Kier alpha value is -1.91. The summed E-state index contributed by atoms with van der Waals surface area (Å²) in [5, 5.41) is 0. The molecule has 0 aliphatic heterocycles. The number of halogens is 1. The van der Waals surface area contributed by atoms with Crippen LogP contribution in [0.3, 0.4) is 0 Å². The van der Waals surface area contributed by atoms with Crippen molar-refractivity contribution in [1.82, 2.24) is 5.54 Å². The molecule has 0 aliphatic carbocycles. The van der Waals surface area contributed by atoms with Crippen molar-refractivity contribution in [2.24, 2.45) is 5.73 Å². The second kappa shape index (κ2) is 3.66. The SMILES string of the molecule is NC(=O)c1ccccc1C(=O)NF. The van der Waals surface area contributed by atoms with Crippen molar-refractivity contribution >= 4 is 11.8 Å². The van der Waals surface area contributed by atoms with Gasteiger partial charge in [0, 0.05) is 0 Å². The van der Waals surface area contributed by atoms with Crippen LogP contribution in [0.15, 0.2) is 24.3 Å². The molecule has 0 saturated heterocycles. The predicted octanol–water partition coefficient (Wildman–Crippen LogP) is 0.400. The molecule has 0 heterocycles. The minimum Gasteiger partial charge on any atom is -0.366 e. The van der Waals surface area contributed by atoms with Crippen LogP contribution in [0.2, 0.25) is 0 Å². The molecule has 0 aliphatic rings. The second-order valence-corrected chi connectivity index (χ2v) is 2.33. The van der Waals surface area contributed by atoms with Crippen LogP contribution in [0.5, 0.6) is 0 Å². The van der Waals surface area contributed by atoms with Gasteiger partial charge in [-0.3, -0.25) is 9.59 Å². The molecule has 0 spiro atoms. The predicted molar refractivity (Wildman–Crippen MR) is 43.5 cm³/mol. The van der Waals surface area contributed by atoms with E-state index in [1.165, 1.54) is 24.3 Å². The van der Waals surface area contributed by atoms with Crippen molar-refractivity contribution < 1.29 is 14.1 Å². The molecular formula is C8H7FN2O2. The molecule has 5 heteroatoms. The molecule has 4 nitrogen and oxygen atoms in total. The summed E-state index contributed by atoms with van der Waals surface area (Å²) in [5.74, 6) is -1.74. The first kappa shape index (κ1) is 9.18. The van der Waals surface area contributed by atoms with E-state index in [-0.39, 0.29) is 11.1 Å². The Balaban J connectivity index is 3.19. The Kier molecular flexibility index (Phi) is 2.59. The molecule has 0 unspecified atom stereocenters. The number of carbonyl (C=O) groups is 2. The van der Waals surface area contributed by atoms with E-state index >= 15 is 0 Å². The van der Waals surface area contributed by atoms with Gasteiger partial charge < -0.3 is 5.73 Å². The average Bonchev–Trinajstić information content (AvgIpc) is 2.16. The highest BCUT2D eigenvalue weighted by Crippen LogP contribution is 2.07. The monoisotopic (exact) mass is 182 g/mol. The Morgan fingerprint density at radius 2 is 1.77 bits per heavy atom. The number of hydrogen-bond acceptors (Lipinski definition) is 2. The van der Waals surface area contributed by atoms with Gasteiger partial charge in [0.2, 0.25) is 5.91 Å². The van der Waals surface area contributed by atoms with E-state index < -0.39 is 11.8 Å². The van der Waals surface area contributed by atoms with Crippen LogP contribution >= 0.6 is 0 Å². The van der Waals surface area contributed by atoms with Crippen LogP contribution in [-0.2, 0) is 0 Å². The first-order valence-corrected chi connectivity index (χ1v) is 3.46. The highest BCUT2D eigenvalue weighted by Gasteiger charge is 2.13. The summed E-state index contributed by atoms with van der Waals surface area (Å²) in [7, 11) is 0. The molecule has 1 rings (SSSR count). The van der Waals surface area contributed by atoms with E-state index in [2.05, 4.69) is 0 Å². The molecule has 0 fully saturated rings. The molecule has 1 aromatic rings. The van der Waals surface area contributed by atoms with Crippen LogP contribution in [0.4, 0.5) is 4.48 Å². The Labute approximate surface area is 73.5 Å². The number of benzene rings is 1. The van der Waals surface area contributed by atoms with Crippen molar-refractivity contribution in [3.8, 4) is 0 Å². The van der Waals surface area contributed by atoms with Gasteiger partial charge >= 0.3 is 0 Å². The maximum absolute atomic E-state index is 11.8.